The predicted molar refractivity (Wildman–Crippen MR) is 64.6 cm³/mol. The summed E-state index contributed by atoms with van der Waals surface area (Å²) in [7, 11) is 3.24. The van der Waals surface area contributed by atoms with Gasteiger partial charge in [0.2, 0.25) is 0 Å². The van der Waals surface area contributed by atoms with Crippen molar-refractivity contribution in [3.05, 3.63) is 23.3 Å². The van der Waals surface area contributed by atoms with Gasteiger partial charge in [0.25, 0.3) is 0 Å². The molecule has 0 fully saturated rings. The molecule has 1 aromatic rings. The van der Waals surface area contributed by atoms with E-state index in [0.29, 0.717) is 10.8 Å². The monoisotopic (exact) mass is 225 g/mol. The Bertz CT molecular complexity index is 377. The van der Waals surface area contributed by atoms with Gasteiger partial charge in [-0.15, -0.1) is 11.8 Å². The maximum absolute atomic E-state index is 7.79. The average molecular weight is 225 g/mol. The van der Waals surface area contributed by atoms with Crippen LogP contribution in [0, 0.1) is 12.3 Å². The quantitative estimate of drug-likeness (QED) is 0.635. The highest BCUT2D eigenvalue weighted by molar-refractivity contribution is 8.13. The van der Waals surface area contributed by atoms with Crippen molar-refractivity contribution in [2.75, 3.05) is 20.5 Å². The van der Waals surface area contributed by atoms with Gasteiger partial charge in [-0.25, -0.2) is 0 Å². The molecule has 0 spiro atoms. The summed E-state index contributed by atoms with van der Waals surface area (Å²) in [5.74, 6) is 1.50. The topological polar surface area (TPSA) is 42.3 Å². The van der Waals surface area contributed by atoms with Crippen molar-refractivity contribution >= 4 is 16.8 Å². The lowest BCUT2D eigenvalue weighted by Gasteiger charge is -2.12. The first kappa shape index (κ1) is 11.9. The molecule has 0 saturated heterocycles. The summed E-state index contributed by atoms with van der Waals surface area (Å²) in [5, 5.41) is 8.27. The van der Waals surface area contributed by atoms with Crippen LogP contribution in [0.25, 0.3) is 0 Å². The van der Waals surface area contributed by atoms with Crippen molar-refractivity contribution in [1.82, 2.24) is 0 Å². The minimum Gasteiger partial charge on any atom is -0.496 e. The average Bonchev–Trinajstić information content (AvgIpc) is 2.27. The van der Waals surface area contributed by atoms with Crippen LogP contribution in [-0.2, 0) is 0 Å². The Morgan fingerprint density at radius 2 is 1.80 bits per heavy atom. The van der Waals surface area contributed by atoms with Crippen LogP contribution >= 0.6 is 11.8 Å². The molecule has 0 aliphatic heterocycles. The van der Waals surface area contributed by atoms with Crippen molar-refractivity contribution in [3.63, 3.8) is 0 Å². The zero-order valence-electron chi connectivity index (χ0n) is 9.38. The van der Waals surface area contributed by atoms with E-state index in [1.807, 2.05) is 25.3 Å². The highest BCUT2D eigenvalue weighted by atomic mass is 32.2. The van der Waals surface area contributed by atoms with Crippen LogP contribution in [0.4, 0.5) is 0 Å². The van der Waals surface area contributed by atoms with Gasteiger partial charge in [0, 0.05) is 0 Å². The van der Waals surface area contributed by atoms with Crippen LogP contribution in [0.5, 0.6) is 11.5 Å². The fourth-order valence-electron chi connectivity index (χ4n) is 1.34. The molecule has 1 rings (SSSR count). The van der Waals surface area contributed by atoms with Gasteiger partial charge in [0.15, 0.2) is 0 Å². The Hall–Kier alpha value is -1.16. The third-order valence-corrected chi connectivity index (χ3v) is 2.79. The molecule has 0 radical (unpaired) electrons. The van der Waals surface area contributed by atoms with Crippen molar-refractivity contribution in [2.24, 2.45) is 0 Å². The van der Waals surface area contributed by atoms with Crippen LogP contribution in [0.1, 0.15) is 11.1 Å². The van der Waals surface area contributed by atoms with E-state index in [4.69, 9.17) is 14.9 Å². The number of ether oxygens (including phenoxy) is 2. The van der Waals surface area contributed by atoms with E-state index in [1.54, 1.807) is 14.2 Å². The van der Waals surface area contributed by atoms with Crippen LogP contribution in [0.2, 0.25) is 0 Å². The largest absolute Gasteiger partial charge is 0.496 e. The standard InChI is InChI=1S/C11H15NO2S/c1-7-5-10(14-3)8(11(12)15-4)6-9(7)13-2/h5-6,12H,1-4H3. The van der Waals surface area contributed by atoms with E-state index in [-0.39, 0.29) is 0 Å². The normalized spacial score (nSPS) is 9.87. The lowest BCUT2D eigenvalue weighted by atomic mass is 10.1. The van der Waals surface area contributed by atoms with E-state index in [9.17, 15) is 0 Å². The molecular formula is C11H15NO2S. The minimum atomic E-state index is 0.477. The molecule has 0 heterocycles. The number of benzene rings is 1. The summed E-state index contributed by atoms with van der Waals surface area (Å²) in [6.45, 7) is 1.95. The molecule has 4 heteroatoms. The first-order chi connectivity index (χ1) is 7.13. The van der Waals surface area contributed by atoms with E-state index >= 15 is 0 Å². The lowest BCUT2D eigenvalue weighted by Crippen LogP contribution is -2.00. The summed E-state index contributed by atoms with van der Waals surface area (Å²) in [6, 6.07) is 3.73. The molecule has 15 heavy (non-hydrogen) atoms. The number of rotatable bonds is 3. The van der Waals surface area contributed by atoms with E-state index in [1.165, 1.54) is 11.8 Å². The van der Waals surface area contributed by atoms with Gasteiger partial charge in [-0.1, -0.05) is 0 Å². The maximum Gasteiger partial charge on any atom is 0.129 e. The lowest BCUT2D eigenvalue weighted by molar-refractivity contribution is 0.400. The van der Waals surface area contributed by atoms with Gasteiger partial charge in [0.1, 0.15) is 11.5 Å². The van der Waals surface area contributed by atoms with Gasteiger partial charge < -0.3 is 9.47 Å². The van der Waals surface area contributed by atoms with Crippen molar-refractivity contribution in [1.29, 1.82) is 5.41 Å². The van der Waals surface area contributed by atoms with Crippen molar-refractivity contribution in [3.8, 4) is 11.5 Å². The number of hydrogen-bond donors (Lipinski definition) is 1. The first-order valence-corrected chi connectivity index (χ1v) is 5.72. The first-order valence-electron chi connectivity index (χ1n) is 4.49. The second-order valence-corrected chi connectivity index (χ2v) is 3.87. The van der Waals surface area contributed by atoms with Crippen LogP contribution in [-0.4, -0.2) is 25.5 Å². The van der Waals surface area contributed by atoms with Crippen LogP contribution < -0.4 is 9.47 Å². The highest BCUT2D eigenvalue weighted by Crippen LogP contribution is 2.30. The van der Waals surface area contributed by atoms with Crippen molar-refractivity contribution < 1.29 is 9.47 Å². The molecule has 82 valence electrons. The van der Waals surface area contributed by atoms with Gasteiger partial charge in [-0.3, -0.25) is 5.41 Å². The molecule has 0 unspecified atom stereocenters. The zero-order chi connectivity index (χ0) is 11.4. The number of aryl methyl sites for hydroxylation is 1. The summed E-state index contributed by atoms with van der Waals surface area (Å²) >= 11 is 1.38. The molecule has 0 amide bonds. The summed E-state index contributed by atoms with van der Waals surface area (Å²) in [6.07, 6.45) is 1.87. The molecule has 1 N–H and O–H groups in total. The fraction of sp³-hybridized carbons (Fsp3) is 0.364. The van der Waals surface area contributed by atoms with Gasteiger partial charge in [-0.2, -0.15) is 0 Å². The van der Waals surface area contributed by atoms with Crippen LogP contribution in [0.15, 0.2) is 12.1 Å². The third-order valence-electron chi connectivity index (χ3n) is 2.17. The molecule has 0 saturated carbocycles. The SMILES string of the molecule is COc1cc(C(=N)SC)c(OC)cc1C. The van der Waals surface area contributed by atoms with E-state index in [2.05, 4.69) is 0 Å². The summed E-state index contributed by atoms with van der Waals surface area (Å²) < 4.78 is 10.5. The minimum absolute atomic E-state index is 0.477. The van der Waals surface area contributed by atoms with Gasteiger partial charge in [-0.05, 0) is 30.9 Å². The third kappa shape index (κ3) is 2.45. The Labute approximate surface area is 94.3 Å². The zero-order valence-corrected chi connectivity index (χ0v) is 10.2. The molecule has 0 atom stereocenters. The highest BCUT2D eigenvalue weighted by Gasteiger charge is 2.11. The van der Waals surface area contributed by atoms with Gasteiger partial charge in [0.05, 0.1) is 24.8 Å². The predicted octanol–water partition coefficient (Wildman–Crippen LogP) is 2.70. The molecule has 0 bridgehead atoms. The molecule has 0 aliphatic carbocycles. The number of methoxy groups -OCH3 is 2. The number of hydrogen-bond acceptors (Lipinski definition) is 4. The summed E-state index contributed by atoms with van der Waals surface area (Å²) in [5.41, 5.74) is 1.78. The number of thioether (sulfide) groups is 1. The van der Waals surface area contributed by atoms with Gasteiger partial charge >= 0.3 is 0 Å². The van der Waals surface area contributed by atoms with Crippen LogP contribution in [0.3, 0.4) is 0 Å². The maximum atomic E-state index is 7.79. The Balaban J connectivity index is 3.28. The smallest absolute Gasteiger partial charge is 0.129 e. The summed E-state index contributed by atoms with van der Waals surface area (Å²) in [4.78, 5) is 0. The second kappa shape index (κ2) is 5.07. The van der Waals surface area contributed by atoms with E-state index in [0.717, 1.165) is 16.9 Å². The number of nitrogens with one attached hydrogen (secondary N) is 1. The molecule has 0 aromatic heterocycles. The Morgan fingerprint density at radius 1 is 1.20 bits per heavy atom. The second-order valence-electron chi connectivity index (χ2n) is 3.06. The molecule has 1 aromatic carbocycles. The Kier molecular flexibility index (Phi) is 4.03. The van der Waals surface area contributed by atoms with E-state index < -0.39 is 0 Å². The molecule has 3 nitrogen and oxygen atoms in total. The Morgan fingerprint density at radius 3 is 2.27 bits per heavy atom. The molecule has 0 aliphatic rings. The van der Waals surface area contributed by atoms with Crippen molar-refractivity contribution in [2.45, 2.75) is 6.92 Å². The fourth-order valence-corrected chi connectivity index (χ4v) is 1.72. The molecular weight excluding hydrogens is 210 g/mol.